The Kier molecular flexibility index (Phi) is 9.71. The van der Waals surface area contributed by atoms with E-state index < -0.39 is 0 Å². The molecule has 0 bridgehead atoms. The van der Waals surface area contributed by atoms with Gasteiger partial charge in [-0.25, -0.2) is 0 Å². The predicted molar refractivity (Wildman–Crippen MR) is 101 cm³/mol. The SMILES string of the molecule is CCCCOc1ccc(N)cc1.Nc1ccc(OCCBr)cc1. The molecule has 0 aromatic heterocycles. The average Bonchev–Trinajstić information content (AvgIpc) is 2.57. The minimum atomic E-state index is 0.684. The van der Waals surface area contributed by atoms with E-state index in [-0.39, 0.29) is 0 Å². The van der Waals surface area contributed by atoms with Gasteiger partial charge < -0.3 is 20.9 Å². The fraction of sp³-hybridized carbons (Fsp3) is 0.333. The molecule has 0 radical (unpaired) electrons. The Labute approximate surface area is 146 Å². The summed E-state index contributed by atoms with van der Waals surface area (Å²) in [5.41, 5.74) is 12.6. The number of unbranched alkanes of at least 4 members (excludes halogenated alkanes) is 1. The summed E-state index contributed by atoms with van der Waals surface area (Å²) in [6, 6.07) is 14.8. The van der Waals surface area contributed by atoms with Crippen molar-refractivity contribution in [3.63, 3.8) is 0 Å². The first-order valence-corrected chi connectivity index (χ1v) is 8.80. The molecule has 23 heavy (non-hydrogen) atoms. The quantitative estimate of drug-likeness (QED) is 0.421. The van der Waals surface area contributed by atoms with Gasteiger partial charge in [0.25, 0.3) is 0 Å². The summed E-state index contributed by atoms with van der Waals surface area (Å²) in [5.74, 6) is 1.76. The molecule has 126 valence electrons. The Morgan fingerprint density at radius 3 is 1.61 bits per heavy atom. The van der Waals surface area contributed by atoms with E-state index in [9.17, 15) is 0 Å². The van der Waals surface area contributed by atoms with Crippen LogP contribution in [0.2, 0.25) is 0 Å². The topological polar surface area (TPSA) is 70.5 Å². The van der Waals surface area contributed by atoms with Crippen LogP contribution in [0.5, 0.6) is 11.5 Å². The van der Waals surface area contributed by atoms with Crippen LogP contribution in [0.25, 0.3) is 0 Å². The molecule has 0 saturated carbocycles. The van der Waals surface area contributed by atoms with Gasteiger partial charge in [-0.15, -0.1) is 0 Å². The Hall–Kier alpha value is -1.88. The minimum absolute atomic E-state index is 0.684. The highest BCUT2D eigenvalue weighted by atomic mass is 79.9. The molecule has 0 spiro atoms. The summed E-state index contributed by atoms with van der Waals surface area (Å²) in [4.78, 5) is 0. The van der Waals surface area contributed by atoms with Gasteiger partial charge in [0.05, 0.1) is 13.2 Å². The molecular formula is C18H25BrN2O2. The van der Waals surface area contributed by atoms with Crippen molar-refractivity contribution in [2.45, 2.75) is 19.8 Å². The van der Waals surface area contributed by atoms with Crippen LogP contribution in [-0.2, 0) is 0 Å². The maximum atomic E-state index is 5.53. The van der Waals surface area contributed by atoms with Crippen LogP contribution >= 0.6 is 15.9 Å². The van der Waals surface area contributed by atoms with Crippen molar-refractivity contribution in [2.75, 3.05) is 30.0 Å². The first-order valence-electron chi connectivity index (χ1n) is 7.68. The molecule has 4 nitrogen and oxygen atoms in total. The number of alkyl halides is 1. The third-order valence-electron chi connectivity index (χ3n) is 2.87. The molecule has 0 aliphatic rings. The molecule has 0 aliphatic heterocycles. The fourth-order valence-electron chi connectivity index (χ4n) is 1.62. The lowest BCUT2D eigenvalue weighted by Crippen LogP contribution is -1.97. The summed E-state index contributed by atoms with van der Waals surface area (Å²) >= 11 is 3.27. The Balaban J connectivity index is 0.000000231. The monoisotopic (exact) mass is 380 g/mol. The highest BCUT2D eigenvalue weighted by molar-refractivity contribution is 9.09. The first kappa shape index (κ1) is 19.2. The van der Waals surface area contributed by atoms with Crippen molar-refractivity contribution in [3.8, 4) is 11.5 Å². The fourth-order valence-corrected chi connectivity index (χ4v) is 1.78. The van der Waals surface area contributed by atoms with Crippen LogP contribution in [-0.4, -0.2) is 18.5 Å². The van der Waals surface area contributed by atoms with E-state index in [1.54, 1.807) is 0 Å². The molecule has 0 unspecified atom stereocenters. The van der Waals surface area contributed by atoms with Gasteiger partial charge in [-0.2, -0.15) is 0 Å². The van der Waals surface area contributed by atoms with E-state index in [1.807, 2.05) is 48.5 Å². The molecule has 0 aliphatic carbocycles. The molecule has 2 rings (SSSR count). The molecule has 2 aromatic rings. The zero-order valence-corrected chi connectivity index (χ0v) is 15.1. The maximum absolute atomic E-state index is 5.53. The highest BCUT2D eigenvalue weighted by Crippen LogP contribution is 2.13. The van der Waals surface area contributed by atoms with E-state index in [1.165, 1.54) is 0 Å². The normalized spacial score (nSPS) is 9.65. The number of hydrogen-bond acceptors (Lipinski definition) is 4. The van der Waals surface area contributed by atoms with Crippen molar-refractivity contribution in [2.24, 2.45) is 0 Å². The van der Waals surface area contributed by atoms with Gasteiger partial charge in [0.1, 0.15) is 11.5 Å². The van der Waals surface area contributed by atoms with Crippen molar-refractivity contribution in [1.82, 2.24) is 0 Å². The largest absolute Gasteiger partial charge is 0.494 e. The molecule has 4 N–H and O–H groups in total. The average molecular weight is 381 g/mol. The molecule has 0 atom stereocenters. The number of hydrogen-bond donors (Lipinski definition) is 2. The third-order valence-corrected chi connectivity index (χ3v) is 3.20. The zero-order valence-electron chi connectivity index (χ0n) is 13.5. The van der Waals surface area contributed by atoms with Crippen LogP contribution in [0, 0.1) is 0 Å². The van der Waals surface area contributed by atoms with Gasteiger partial charge in [0, 0.05) is 16.7 Å². The number of halogens is 1. The first-order chi connectivity index (χ1) is 11.2. The van der Waals surface area contributed by atoms with Crippen LogP contribution < -0.4 is 20.9 Å². The number of anilines is 2. The molecule has 0 amide bonds. The second-order valence-corrected chi connectivity index (χ2v) is 5.67. The van der Waals surface area contributed by atoms with Crippen molar-refractivity contribution < 1.29 is 9.47 Å². The summed E-state index contributed by atoms with van der Waals surface area (Å²) in [6.07, 6.45) is 2.26. The van der Waals surface area contributed by atoms with Gasteiger partial charge in [-0.3, -0.25) is 0 Å². The Morgan fingerprint density at radius 2 is 1.22 bits per heavy atom. The van der Waals surface area contributed by atoms with E-state index >= 15 is 0 Å². The van der Waals surface area contributed by atoms with Gasteiger partial charge >= 0.3 is 0 Å². The number of nitrogens with two attached hydrogens (primary N) is 2. The van der Waals surface area contributed by atoms with Crippen LogP contribution in [0.4, 0.5) is 11.4 Å². The highest BCUT2D eigenvalue weighted by Gasteiger charge is 1.91. The van der Waals surface area contributed by atoms with E-state index in [2.05, 4.69) is 22.9 Å². The molecule has 0 fully saturated rings. The van der Waals surface area contributed by atoms with Gasteiger partial charge in [-0.1, -0.05) is 29.3 Å². The van der Waals surface area contributed by atoms with Crippen molar-refractivity contribution in [3.05, 3.63) is 48.5 Å². The summed E-state index contributed by atoms with van der Waals surface area (Å²) in [6.45, 7) is 3.62. The number of ether oxygens (including phenoxy) is 2. The third kappa shape index (κ3) is 8.98. The predicted octanol–water partition coefficient (Wildman–Crippen LogP) is 4.49. The number of rotatable bonds is 7. The van der Waals surface area contributed by atoms with Crippen molar-refractivity contribution in [1.29, 1.82) is 0 Å². The van der Waals surface area contributed by atoms with E-state index in [0.29, 0.717) is 6.61 Å². The number of nitrogen functional groups attached to an aromatic ring is 2. The van der Waals surface area contributed by atoms with Gasteiger partial charge in [0.15, 0.2) is 0 Å². The van der Waals surface area contributed by atoms with Crippen molar-refractivity contribution >= 4 is 27.3 Å². The van der Waals surface area contributed by atoms with Gasteiger partial charge in [0.2, 0.25) is 0 Å². The Morgan fingerprint density at radius 1 is 0.783 bits per heavy atom. The number of benzene rings is 2. The molecule has 5 heteroatoms. The smallest absolute Gasteiger partial charge is 0.119 e. The van der Waals surface area contributed by atoms with Gasteiger partial charge in [-0.05, 0) is 55.0 Å². The maximum Gasteiger partial charge on any atom is 0.119 e. The lowest BCUT2D eigenvalue weighted by molar-refractivity contribution is 0.309. The lowest BCUT2D eigenvalue weighted by Gasteiger charge is -2.04. The zero-order chi connectivity index (χ0) is 16.9. The standard InChI is InChI=1S/C10H15NO.C8H10BrNO/c1-2-3-8-12-10-6-4-9(11)5-7-10;9-5-6-11-8-3-1-7(10)2-4-8/h4-7H,2-3,8,11H2,1H3;1-4H,5-6,10H2. The molecular weight excluding hydrogens is 356 g/mol. The summed E-state index contributed by atoms with van der Waals surface area (Å²) in [7, 11) is 0. The van der Waals surface area contributed by atoms with Crippen LogP contribution in [0.15, 0.2) is 48.5 Å². The summed E-state index contributed by atoms with van der Waals surface area (Å²) < 4.78 is 10.8. The minimum Gasteiger partial charge on any atom is -0.494 e. The summed E-state index contributed by atoms with van der Waals surface area (Å²) in [5, 5.41) is 0.845. The van der Waals surface area contributed by atoms with E-state index in [0.717, 1.165) is 47.7 Å². The second kappa shape index (κ2) is 11.7. The van der Waals surface area contributed by atoms with Crippen LogP contribution in [0.1, 0.15) is 19.8 Å². The van der Waals surface area contributed by atoms with Crippen LogP contribution in [0.3, 0.4) is 0 Å². The Bertz CT molecular complexity index is 530. The molecule has 0 saturated heterocycles. The lowest BCUT2D eigenvalue weighted by atomic mass is 10.3. The van der Waals surface area contributed by atoms with E-state index in [4.69, 9.17) is 20.9 Å². The molecule has 0 heterocycles. The second-order valence-electron chi connectivity index (χ2n) is 4.88. The molecule has 2 aromatic carbocycles.